The average molecular weight is 291 g/mol. The van der Waals surface area contributed by atoms with Gasteiger partial charge in [-0.25, -0.2) is 4.39 Å². The van der Waals surface area contributed by atoms with Crippen LogP contribution in [0.3, 0.4) is 0 Å². The number of nitrogens with two attached hydrogens (primary N) is 1. The van der Waals surface area contributed by atoms with E-state index in [1.54, 1.807) is 19.2 Å². The third-order valence-electron chi connectivity index (χ3n) is 2.64. The third-order valence-corrected chi connectivity index (χ3v) is 2.64. The van der Waals surface area contributed by atoms with Gasteiger partial charge in [0.1, 0.15) is 18.2 Å². The first-order valence-corrected chi connectivity index (χ1v) is 5.93. The van der Waals surface area contributed by atoms with Crippen molar-refractivity contribution in [3.8, 4) is 5.75 Å². The predicted molar refractivity (Wildman–Crippen MR) is 75.0 cm³/mol. The van der Waals surface area contributed by atoms with Crippen LogP contribution in [-0.2, 0) is 4.79 Å². The van der Waals surface area contributed by atoms with Crippen LogP contribution in [0, 0.1) is 5.82 Å². The van der Waals surface area contributed by atoms with Crippen LogP contribution in [0.15, 0.2) is 24.3 Å². The lowest BCUT2D eigenvalue weighted by molar-refractivity contribution is -0.131. The first-order chi connectivity index (χ1) is 8.54. The van der Waals surface area contributed by atoms with Gasteiger partial charge in [-0.15, -0.1) is 12.4 Å². The van der Waals surface area contributed by atoms with Crippen LogP contribution < -0.4 is 10.5 Å². The molecule has 0 aromatic heterocycles. The topological polar surface area (TPSA) is 55.6 Å². The molecule has 2 N–H and O–H groups in total. The number of benzene rings is 1. The molecule has 19 heavy (non-hydrogen) atoms. The molecule has 1 amide bonds. The van der Waals surface area contributed by atoms with Crippen molar-refractivity contribution >= 4 is 18.3 Å². The molecule has 0 unspecified atom stereocenters. The minimum atomic E-state index is -0.458. The standard InChI is InChI=1S/C13H19FN2O2.ClH/c1-3-12(15)13(17)16(2)8-9-18-11-6-4-10(14)5-7-11;/h4-7,12H,3,8-9,15H2,1-2H3;1H/t12-;/m0./s1. The van der Waals surface area contributed by atoms with E-state index in [1.165, 1.54) is 17.0 Å². The minimum Gasteiger partial charge on any atom is -0.492 e. The van der Waals surface area contributed by atoms with Gasteiger partial charge < -0.3 is 15.4 Å². The van der Waals surface area contributed by atoms with Crippen LogP contribution in [-0.4, -0.2) is 37.0 Å². The van der Waals surface area contributed by atoms with E-state index in [-0.39, 0.29) is 24.1 Å². The molecule has 0 bridgehead atoms. The number of carbonyl (C=O) groups excluding carboxylic acids is 1. The van der Waals surface area contributed by atoms with Gasteiger partial charge in [-0.3, -0.25) is 4.79 Å². The summed E-state index contributed by atoms with van der Waals surface area (Å²) in [5, 5.41) is 0. The lowest BCUT2D eigenvalue weighted by Gasteiger charge is -2.20. The van der Waals surface area contributed by atoms with Crippen molar-refractivity contribution in [1.82, 2.24) is 4.90 Å². The van der Waals surface area contributed by atoms with E-state index >= 15 is 0 Å². The molecule has 4 nitrogen and oxygen atoms in total. The number of hydrogen-bond acceptors (Lipinski definition) is 3. The first-order valence-electron chi connectivity index (χ1n) is 5.93. The van der Waals surface area contributed by atoms with E-state index in [0.717, 1.165) is 0 Å². The molecule has 1 rings (SSSR count). The highest BCUT2D eigenvalue weighted by molar-refractivity contribution is 5.85. The molecule has 0 spiro atoms. The van der Waals surface area contributed by atoms with Crippen LogP contribution in [0.2, 0.25) is 0 Å². The van der Waals surface area contributed by atoms with E-state index in [4.69, 9.17) is 10.5 Å². The van der Waals surface area contributed by atoms with Crippen molar-refractivity contribution < 1.29 is 13.9 Å². The van der Waals surface area contributed by atoms with Gasteiger partial charge in [0, 0.05) is 7.05 Å². The third kappa shape index (κ3) is 5.89. The van der Waals surface area contributed by atoms with Crippen molar-refractivity contribution in [3.05, 3.63) is 30.1 Å². The fourth-order valence-corrected chi connectivity index (χ4v) is 1.40. The van der Waals surface area contributed by atoms with Gasteiger partial charge in [-0.05, 0) is 30.7 Å². The summed E-state index contributed by atoms with van der Waals surface area (Å²) < 4.78 is 18.0. The second-order valence-electron chi connectivity index (χ2n) is 4.08. The van der Waals surface area contributed by atoms with Crippen LogP contribution >= 0.6 is 12.4 Å². The van der Waals surface area contributed by atoms with Gasteiger partial charge in [-0.1, -0.05) is 6.92 Å². The molecule has 108 valence electrons. The molecule has 6 heteroatoms. The molecule has 1 aromatic rings. The van der Waals surface area contributed by atoms with Crippen LogP contribution in [0.4, 0.5) is 4.39 Å². The molecule has 1 aromatic carbocycles. The first kappa shape index (κ1) is 17.7. The molecular formula is C13H20ClFN2O2. The zero-order valence-electron chi connectivity index (χ0n) is 11.1. The lowest BCUT2D eigenvalue weighted by atomic mass is 10.2. The maximum absolute atomic E-state index is 12.6. The quantitative estimate of drug-likeness (QED) is 0.869. The van der Waals surface area contributed by atoms with Gasteiger partial charge >= 0.3 is 0 Å². The van der Waals surface area contributed by atoms with Crippen molar-refractivity contribution in [2.75, 3.05) is 20.2 Å². The highest BCUT2D eigenvalue weighted by atomic mass is 35.5. The summed E-state index contributed by atoms with van der Waals surface area (Å²) in [7, 11) is 1.69. The molecule has 0 aliphatic carbocycles. The maximum Gasteiger partial charge on any atom is 0.239 e. The number of rotatable bonds is 6. The second-order valence-corrected chi connectivity index (χ2v) is 4.08. The summed E-state index contributed by atoms with van der Waals surface area (Å²) in [6, 6.07) is 5.30. The highest BCUT2D eigenvalue weighted by Gasteiger charge is 2.15. The molecule has 1 atom stereocenters. The van der Waals surface area contributed by atoms with Crippen molar-refractivity contribution in [2.24, 2.45) is 5.73 Å². The molecule has 0 radical (unpaired) electrons. The number of likely N-dealkylation sites (N-methyl/N-ethyl adjacent to an activating group) is 1. The molecule has 0 aliphatic heterocycles. The molecule has 0 heterocycles. The summed E-state index contributed by atoms with van der Waals surface area (Å²) in [6.45, 7) is 2.67. The smallest absolute Gasteiger partial charge is 0.239 e. The predicted octanol–water partition coefficient (Wildman–Crippen LogP) is 1.82. The Bertz CT molecular complexity index is 387. The van der Waals surface area contributed by atoms with E-state index in [2.05, 4.69) is 0 Å². The largest absolute Gasteiger partial charge is 0.492 e. The van der Waals surface area contributed by atoms with Gasteiger partial charge in [0.15, 0.2) is 0 Å². The van der Waals surface area contributed by atoms with Crippen LogP contribution in [0.25, 0.3) is 0 Å². The Hall–Kier alpha value is -1.33. The zero-order chi connectivity index (χ0) is 13.5. The van der Waals surface area contributed by atoms with Gasteiger partial charge in [0.25, 0.3) is 0 Å². The number of ether oxygens (including phenoxy) is 1. The normalized spacial score (nSPS) is 11.4. The van der Waals surface area contributed by atoms with Crippen molar-refractivity contribution in [1.29, 1.82) is 0 Å². The molecular weight excluding hydrogens is 271 g/mol. The fraction of sp³-hybridized carbons (Fsp3) is 0.462. The van der Waals surface area contributed by atoms with Crippen LogP contribution in [0.5, 0.6) is 5.75 Å². The molecule has 0 saturated heterocycles. The lowest BCUT2D eigenvalue weighted by Crippen LogP contribution is -2.42. The molecule has 0 saturated carbocycles. The molecule has 0 fully saturated rings. The van der Waals surface area contributed by atoms with Gasteiger partial charge in [-0.2, -0.15) is 0 Å². The maximum atomic E-state index is 12.6. The minimum absolute atomic E-state index is 0. The number of hydrogen-bond donors (Lipinski definition) is 1. The second kappa shape index (κ2) is 8.72. The Kier molecular flexibility index (Phi) is 8.11. The Morgan fingerprint density at radius 2 is 2.00 bits per heavy atom. The average Bonchev–Trinajstić information content (AvgIpc) is 2.39. The summed E-state index contributed by atoms with van der Waals surface area (Å²) >= 11 is 0. The zero-order valence-corrected chi connectivity index (χ0v) is 12.0. The summed E-state index contributed by atoms with van der Waals surface area (Å²) in [5.74, 6) is 0.181. The van der Waals surface area contributed by atoms with Gasteiger partial charge in [0.05, 0.1) is 12.6 Å². The summed E-state index contributed by atoms with van der Waals surface area (Å²) in [6.07, 6.45) is 0.613. The Labute approximate surface area is 119 Å². The SMILES string of the molecule is CC[C@H](N)C(=O)N(C)CCOc1ccc(F)cc1.Cl. The van der Waals surface area contributed by atoms with E-state index in [0.29, 0.717) is 25.3 Å². The Morgan fingerprint density at radius 3 is 2.53 bits per heavy atom. The van der Waals surface area contributed by atoms with E-state index in [1.807, 2.05) is 6.92 Å². The number of carbonyl (C=O) groups is 1. The Morgan fingerprint density at radius 1 is 1.42 bits per heavy atom. The monoisotopic (exact) mass is 290 g/mol. The molecule has 0 aliphatic rings. The Balaban J connectivity index is 0.00000324. The number of nitrogens with zero attached hydrogens (tertiary/aromatic N) is 1. The van der Waals surface area contributed by atoms with Crippen molar-refractivity contribution in [3.63, 3.8) is 0 Å². The van der Waals surface area contributed by atoms with E-state index in [9.17, 15) is 9.18 Å². The van der Waals surface area contributed by atoms with Crippen molar-refractivity contribution in [2.45, 2.75) is 19.4 Å². The number of amides is 1. The summed E-state index contributed by atoms with van der Waals surface area (Å²) in [4.78, 5) is 13.2. The van der Waals surface area contributed by atoms with Gasteiger partial charge in [0.2, 0.25) is 5.91 Å². The number of halogens is 2. The highest BCUT2D eigenvalue weighted by Crippen LogP contribution is 2.10. The van der Waals surface area contributed by atoms with E-state index < -0.39 is 6.04 Å². The van der Waals surface area contributed by atoms with Crippen LogP contribution in [0.1, 0.15) is 13.3 Å². The summed E-state index contributed by atoms with van der Waals surface area (Å²) in [5.41, 5.74) is 5.64. The fourth-order valence-electron chi connectivity index (χ4n) is 1.40.